The number of hydrogen-bond acceptors (Lipinski definition) is 4. The van der Waals surface area contributed by atoms with E-state index in [2.05, 4.69) is 4.90 Å². The lowest BCUT2D eigenvalue weighted by atomic mass is 10.2. The molecule has 0 fully saturated rings. The average Bonchev–Trinajstić information content (AvgIpc) is 2.39. The summed E-state index contributed by atoms with van der Waals surface area (Å²) in [5.74, 6) is -0.552. The van der Waals surface area contributed by atoms with Crippen molar-refractivity contribution in [2.24, 2.45) is 0 Å². The summed E-state index contributed by atoms with van der Waals surface area (Å²) in [5, 5.41) is 9.01. The fourth-order valence-corrected chi connectivity index (χ4v) is 1.67. The second-order valence-electron chi connectivity index (χ2n) is 4.30. The Hall–Kier alpha value is -1.59. The molecule has 5 heteroatoms. The highest BCUT2D eigenvalue weighted by atomic mass is 16.5. The van der Waals surface area contributed by atoms with Crippen LogP contribution in [-0.4, -0.2) is 56.4 Å². The first-order valence-electron chi connectivity index (χ1n) is 6.27. The topological polar surface area (TPSA) is 59.0 Å². The Labute approximate surface area is 113 Å². The predicted molar refractivity (Wildman–Crippen MR) is 72.9 cm³/mol. The van der Waals surface area contributed by atoms with Gasteiger partial charge in [-0.15, -0.1) is 0 Å². The number of hydrogen-bond donors (Lipinski definition) is 1. The van der Waals surface area contributed by atoms with Gasteiger partial charge in [0.15, 0.2) is 0 Å². The number of likely N-dealkylation sites (N-methyl/N-ethyl adjacent to an activating group) is 1. The zero-order valence-corrected chi connectivity index (χ0v) is 11.5. The van der Waals surface area contributed by atoms with E-state index in [1.807, 2.05) is 7.05 Å². The molecular formula is C14H21NO4. The number of aromatic carboxylic acids is 1. The third kappa shape index (κ3) is 5.72. The molecule has 1 N–H and O–H groups in total. The average molecular weight is 267 g/mol. The molecule has 19 heavy (non-hydrogen) atoms. The van der Waals surface area contributed by atoms with Crippen LogP contribution in [0.4, 0.5) is 0 Å². The molecule has 1 aromatic rings. The number of carboxylic acids is 1. The standard InChI is InChI=1S/C14H21NO4/c1-15(8-5-10-18-2)9-11-19-13-7-4-3-6-12(13)14(16)17/h3-4,6-7H,5,8-11H2,1-2H3,(H,16,17). The van der Waals surface area contributed by atoms with Gasteiger partial charge in [0.05, 0.1) is 0 Å². The monoisotopic (exact) mass is 267 g/mol. The molecular weight excluding hydrogens is 246 g/mol. The van der Waals surface area contributed by atoms with Crippen molar-refractivity contribution in [2.75, 3.05) is 40.5 Å². The van der Waals surface area contributed by atoms with Gasteiger partial charge in [0.1, 0.15) is 17.9 Å². The summed E-state index contributed by atoms with van der Waals surface area (Å²) in [6, 6.07) is 6.67. The van der Waals surface area contributed by atoms with E-state index in [-0.39, 0.29) is 5.56 Å². The van der Waals surface area contributed by atoms with E-state index in [9.17, 15) is 4.79 Å². The molecule has 0 heterocycles. The van der Waals surface area contributed by atoms with Crippen LogP contribution < -0.4 is 4.74 Å². The molecule has 0 spiro atoms. The Kier molecular flexibility index (Phi) is 6.92. The maximum atomic E-state index is 11.0. The fourth-order valence-electron chi connectivity index (χ4n) is 1.67. The molecule has 1 aromatic carbocycles. The normalized spacial score (nSPS) is 10.7. The molecule has 0 bridgehead atoms. The van der Waals surface area contributed by atoms with E-state index in [1.165, 1.54) is 0 Å². The molecule has 5 nitrogen and oxygen atoms in total. The van der Waals surface area contributed by atoms with Crippen molar-refractivity contribution in [1.29, 1.82) is 0 Å². The van der Waals surface area contributed by atoms with Gasteiger partial charge >= 0.3 is 5.97 Å². The molecule has 0 unspecified atom stereocenters. The zero-order valence-electron chi connectivity index (χ0n) is 11.5. The van der Waals surface area contributed by atoms with Crippen molar-refractivity contribution in [3.8, 4) is 5.75 Å². The van der Waals surface area contributed by atoms with Crippen LogP contribution in [0.2, 0.25) is 0 Å². The van der Waals surface area contributed by atoms with E-state index in [1.54, 1.807) is 31.4 Å². The van der Waals surface area contributed by atoms with Gasteiger partial charge < -0.3 is 19.5 Å². The van der Waals surface area contributed by atoms with Gasteiger partial charge in [-0.3, -0.25) is 0 Å². The maximum Gasteiger partial charge on any atom is 0.339 e. The number of para-hydroxylation sites is 1. The highest BCUT2D eigenvalue weighted by Crippen LogP contribution is 2.17. The summed E-state index contributed by atoms with van der Waals surface area (Å²) in [7, 11) is 3.69. The first-order chi connectivity index (χ1) is 9.15. The number of carbonyl (C=O) groups is 1. The lowest BCUT2D eigenvalue weighted by molar-refractivity contribution is 0.0691. The van der Waals surface area contributed by atoms with Crippen molar-refractivity contribution in [3.63, 3.8) is 0 Å². The highest BCUT2D eigenvalue weighted by molar-refractivity contribution is 5.90. The summed E-state index contributed by atoms with van der Waals surface area (Å²) in [5.41, 5.74) is 0.199. The number of nitrogens with zero attached hydrogens (tertiary/aromatic N) is 1. The zero-order chi connectivity index (χ0) is 14.1. The number of carboxylic acid groups (broad SMARTS) is 1. The van der Waals surface area contributed by atoms with Crippen LogP contribution >= 0.6 is 0 Å². The van der Waals surface area contributed by atoms with Crippen LogP contribution in [0, 0.1) is 0 Å². The van der Waals surface area contributed by atoms with Crippen molar-refractivity contribution in [2.45, 2.75) is 6.42 Å². The minimum absolute atomic E-state index is 0.199. The van der Waals surface area contributed by atoms with Crippen molar-refractivity contribution in [3.05, 3.63) is 29.8 Å². The van der Waals surface area contributed by atoms with Gasteiger partial charge in [-0.1, -0.05) is 12.1 Å². The summed E-state index contributed by atoms with van der Waals surface area (Å²) >= 11 is 0. The van der Waals surface area contributed by atoms with Crippen LogP contribution in [-0.2, 0) is 4.74 Å². The van der Waals surface area contributed by atoms with Crippen molar-refractivity contribution >= 4 is 5.97 Å². The van der Waals surface area contributed by atoms with E-state index in [0.717, 1.165) is 26.1 Å². The second kappa shape index (κ2) is 8.50. The van der Waals surface area contributed by atoms with Crippen LogP contribution in [0.3, 0.4) is 0 Å². The number of methoxy groups -OCH3 is 1. The molecule has 1 rings (SSSR count). The van der Waals surface area contributed by atoms with Gasteiger partial charge in [0, 0.05) is 26.8 Å². The number of benzene rings is 1. The second-order valence-corrected chi connectivity index (χ2v) is 4.30. The minimum atomic E-state index is -0.968. The van der Waals surface area contributed by atoms with E-state index < -0.39 is 5.97 Å². The van der Waals surface area contributed by atoms with Crippen LogP contribution in [0.1, 0.15) is 16.8 Å². The Morgan fingerprint density at radius 2 is 2.00 bits per heavy atom. The van der Waals surface area contributed by atoms with Gasteiger partial charge in [0.25, 0.3) is 0 Å². The third-order valence-electron chi connectivity index (χ3n) is 2.74. The van der Waals surface area contributed by atoms with Crippen LogP contribution in [0.5, 0.6) is 5.75 Å². The molecule has 0 aliphatic heterocycles. The summed E-state index contributed by atoms with van der Waals surface area (Å²) in [6.45, 7) is 2.89. The third-order valence-corrected chi connectivity index (χ3v) is 2.74. The van der Waals surface area contributed by atoms with E-state index in [4.69, 9.17) is 14.6 Å². The van der Waals surface area contributed by atoms with Crippen LogP contribution in [0.15, 0.2) is 24.3 Å². The Morgan fingerprint density at radius 3 is 2.68 bits per heavy atom. The molecule has 106 valence electrons. The molecule has 0 aromatic heterocycles. The van der Waals surface area contributed by atoms with E-state index in [0.29, 0.717) is 12.4 Å². The smallest absolute Gasteiger partial charge is 0.339 e. The van der Waals surface area contributed by atoms with Gasteiger partial charge in [-0.2, -0.15) is 0 Å². The summed E-state index contributed by atoms with van der Waals surface area (Å²) in [6.07, 6.45) is 0.971. The Balaban J connectivity index is 2.35. The SMILES string of the molecule is COCCCN(C)CCOc1ccccc1C(=O)O. The van der Waals surface area contributed by atoms with E-state index >= 15 is 0 Å². The number of ether oxygens (including phenoxy) is 2. The Bertz CT molecular complexity index is 395. The molecule has 0 atom stereocenters. The largest absolute Gasteiger partial charge is 0.491 e. The maximum absolute atomic E-state index is 11.0. The fraction of sp³-hybridized carbons (Fsp3) is 0.500. The molecule has 0 radical (unpaired) electrons. The van der Waals surface area contributed by atoms with Gasteiger partial charge in [-0.05, 0) is 25.6 Å². The molecule has 0 saturated heterocycles. The highest BCUT2D eigenvalue weighted by Gasteiger charge is 2.09. The molecule has 0 amide bonds. The van der Waals surface area contributed by atoms with Crippen molar-refractivity contribution < 1.29 is 19.4 Å². The summed E-state index contributed by atoms with van der Waals surface area (Å²) < 4.78 is 10.5. The predicted octanol–water partition coefficient (Wildman–Crippen LogP) is 1.73. The molecule has 0 saturated carbocycles. The van der Waals surface area contributed by atoms with Crippen LogP contribution in [0.25, 0.3) is 0 Å². The minimum Gasteiger partial charge on any atom is -0.491 e. The Morgan fingerprint density at radius 1 is 1.26 bits per heavy atom. The van der Waals surface area contributed by atoms with Crippen molar-refractivity contribution in [1.82, 2.24) is 4.90 Å². The first-order valence-corrected chi connectivity index (χ1v) is 6.27. The lowest BCUT2D eigenvalue weighted by Gasteiger charge is -2.17. The summed E-state index contributed by atoms with van der Waals surface area (Å²) in [4.78, 5) is 13.1. The quantitative estimate of drug-likeness (QED) is 0.690. The first kappa shape index (κ1) is 15.5. The molecule has 0 aliphatic carbocycles. The number of rotatable bonds is 9. The van der Waals surface area contributed by atoms with Gasteiger partial charge in [-0.25, -0.2) is 4.79 Å². The molecule has 0 aliphatic rings. The lowest BCUT2D eigenvalue weighted by Crippen LogP contribution is -2.26. The van der Waals surface area contributed by atoms with Gasteiger partial charge in [0.2, 0.25) is 0 Å².